The van der Waals surface area contributed by atoms with Gasteiger partial charge in [0.15, 0.2) is 6.29 Å². The van der Waals surface area contributed by atoms with E-state index >= 15 is 0 Å². The SMILES string of the molecule is O=Cc1cnc(-c2c(Cl)cc(C(F)(F)F)cc2Cl)[nH]1. The van der Waals surface area contributed by atoms with Crippen LogP contribution in [0.25, 0.3) is 11.4 Å². The summed E-state index contributed by atoms with van der Waals surface area (Å²) in [6, 6.07) is 1.51. The van der Waals surface area contributed by atoms with E-state index in [0.717, 1.165) is 12.1 Å². The Morgan fingerprint density at radius 2 is 1.79 bits per heavy atom. The Morgan fingerprint density at radius 3 is 2.21 bits per heavy atom. The molecule has 0 radical (unpaired) electrons. The summed E-state index contributed by atoms with van der Waals surface area (Å²) >= 11 is 11.6. The van der Waals surface area contributed by atoms with Gasteiger partial charge in [-0.25, -0.2) is 4.98 Å². The zero-order chi connectivity index (χ0) is 14.2. The molecule has 1 N–H and O–H groups in total. The number of aromatic nitrogens is 2. The van der Waals surface area contributed by atoms with Crippen LogP contribution in [-0.4, -0.2) is 16.3 Å². The van der Waals surface area contributed by atoms with E-state index in [2.05, 4.69) is 9.97 Å². The average Bonchev–Trinajstić information content (AvgIpc) is 2.75. The molecule has 2 rings (SSSR count). The van der Waals surface area contributed by atoms with Crippen molar-refractivity contribution in [2.45, 2.75) is 6.18 Å². The van der Waals surface area contributed by atoms with Gasteiger partial charge in [0.25, 0.3) is 0 Å². The molecule has 0 saturated carbocycles. The fourth-order valence-corrected chi connectivity index (χ4v) is 2.15. The van der Waals surface area contributed by atoms with Crippen LogP contribution < -0.4 is 0 Å². The number of rotatable bonds is 2. The molecular formula is C11H5Cl2F3N2O. The molecule has 0 bridgehead atoms. The smallest absolute Gasteiger partial charge is 0.336 e. The zero-order valence-corrected chi connectivity index (χ0v) is 10.6. The van der Waals surface area contributed by atoms with Crippen LogP contribution in [0.4, 0.5) is 13.2 Å². The fraction of sp³-hybridized carbons (Fsp3) is 0.0909. The van der Waals surface area contributed by atoms with E-state index in [1.807, 2.05) is 0 Å². The lowest BCUT2D eigenvalue weighted by molar-refractivity contribution is -0.137. The molecule has 8 heteroatoms. The fourth-order valence-electron chi connectivity index (χ4n) is 1.49. The molecule has 0 spiro atoms. The first-order valence-corrected chi connectivity index (χ1v) is 5.65. The molecule has 3 nitrogen and oxygen atoms in total. The monoisotopic (exact) mass is 308 g/mol. The first-order chi connectivity index (χ1) is 8.82. The largest absolute Gasteiger partial charge is 0.416 e. The molecule has 1 aromatic carbocycles. The van der Waals surface area contributed by atoms with Crippen LogP contribution in [-0.2, 0) is 6.18 Å². The number of imidazole rings is 1. The molecule has 1 heterocycles. The van der Waals surface area contributed by atoms with E-state index in [9.17, 15) is 18.0 Å². The molecule has 0 atom stereocenters. The summed E-state index contributed by atoms with van der Waals surface area (Å²) in [6.07, 6.45) is -2.79. The van der Waals surface area contributed by atoms with Gasteiger partial charge in [0.05, 0.1) is 33.1 Å². The Balaban J connectivity index is 2.56. The number of H-pyrrole nitrogens is 1. The van der Waals surface area contributed by atoms with E-state index in [-0.39, 0.29) is 27.1 Å². The Kier molecular flexibility index (Phi) is 3.56. The lowest BCUT2D eigenvalue weighted by Crippen LogP contribution is -2.05. The van der Waals surface area contributed by atoms with Crippen LogP contribution in [0, 0.1) is 0 Å². The molecule has 0 aliphatic rings. The van der Waals surface area contributed by atoms with Crippen molar-refractivity contribution in [3.63, 3.8) is 0 Å². The van der Waals surface area contributed by atoms with Crippen LogP contribution >= 0.6 is 23.2 Å². The van der Waals surface area contributed by atoms with E-state index in [0.29, 0.717) is 6.29 Å². The Hall–Kier alpha value is -1.53. The minimum absolute atomic E-state index is 0.115. The van der Waals surface area contributed by atoms with Crippen molar-refractivity contribution in [3.8, 4) is 11.4 Å². The molecular weight excluding hydrogens is 304 g/mol. The summed E-state index contributed by atoms with van der Waals surface area (Å²) in [5, 5.41) is -0.404. The van der Waals surface area contributed by atoms with Crippen molar-refractivity contribution in [2.24, 2.45) is 0 Å². The van der Waals surface area contributed by atoms with Gasteiger partial charge in [-0.1, -0.05) is 23.2 Å². The standard InChI is InChI=1S/C11H5Cl2F3N2O/c12-7-1-5(11(14,15)16)2-8(13)9(7)10-17-3-6(4-19)18-10/h1-4H,(H,17,18). The third-order valence-electron chi connectivity index (χ3n) is 2.33. The molecule has 0 unspecified atom stereocenters. The van der Waals surface area contributed by atoms with Crippen LogP contribution in [0.5, 0.6) is 0 Å². The van der Waals surface area contributed by atoms with Gasteiger partial charge in [-0.15, -0.1) is 0 Å². The summed E-state index contributed by atoms with van der Waals surface area (Å²) < 4.78 is 37.7. The van der Waals surface area contributed by atoms with Crippen LogP contribution in [0.1, 0.15) is 16.1 Å². The normalized spacial score (nSPS) is 11.6. The van der Waals surface area contributed by atoms with E-state index in [4.69, 9.17) is 23.2 Å². The molecule has 100 valence electrons. The highest BCUT2D eigenvalue weighted by Crippen LogP contribution is 2.39. The molecule has 0 saturated heterocycles. The molecule has 2 aromatic rings. The zero-order valence-electron chi connectivity index (χ0n) is 9.05. The topological polar surface area (TPSA) is 45.8 Å². The van der Waals surface area contributed by atoms with Gasteiger partial charge < -0.3 is 4.98 Å². The minimum Gasteiger partial charge on any atom is -0.336 e. The summed E-state index contributed by atoms with van der Waals surface area (Å²) in [7, 11) is 0. The molecule has 1 aromatic heterocycles. The highest BCUT2D eigenvalue weighted by atomic mass is 35.5. The highest BCUT2D eigenvalue weighted by Gasteiger charge is 2.32. The third kappa shape index (κ3) is 2.74. The maximum atomic E-state index is 12.6. The quantitative estimate of drug-likeness (QED) is 0.844. The van der Waals surface area contributed by atoms with Gasteiger partial charge in [0.1, 0.15) is 5.82 Å². The summed E-state index contributed by atoms with van der Waals surface area (Å²) in [5.41, 5.74) is -0.667. The number of carbonyl (C=O) groups is 1. The maximum Gasteiger partial charge on any atom is 0.416 e. The van der Waals surface area contributed by atoms with Crippen molar-refractivity contribution >= 4 is 29.5 Å². The summed E-state index contributed by atoms with van der Waals surface area (Å²) in [6.45, 7) is 0. The van der Waals surface area contributed by atoms with Crippen LogP contribution in [0.2, 0.25) is 10.0 Å². The number of hydrogen-bond donors (Lipinski definition) is 1. The van der Waals surface area contributed by atoms with Gasteiger partial charge in [-0.3, -0.25) is 4.79 Å². The number of nitrogens with one attached hydrogen (secondary N) is 1. The van der Waals surface area contributed by atoms with Gasteiger partial charge in [0, 0.05) is 0 Å². The second kappa shape index (κ2) is 4.86. The van der Waals surface area contributed by atoms with Crippen LogP contribution in [0.15, 0.2) is 18.3 Å². The van der Waals surface area contributed by atoms with E-state index in [1.165, 1.54) is 6.20 Å². The van der Waals surface area contributed by atoms with E-state index in [1.54, 1.807) is 0 Å². The molecule has 19 heavy (non-hydrogen) atoms. The third-order valence-corrected chi connectivity index (χ3v) is 2.92. The number of alkyl halides is 3. The Labute approximate surface area is 115 Å². The van der Waals surface area contributed by atoms with E-state index < -0.39 is 11.7 Å². The number of carbonyl (C=O) groups excluding carboxylic acids is 1. The molecule has 0 aliphatic carbocycles. The minimum atomic E-state index is -4.54. The number of hydrogen-bond acceptors (Lipinski definition) is 2. The number of nitrogens with zero attached hydrogens (tertiary/aromatic N) is 1. The van der Waals surface area contributed by atoms with Crippen molar-refractivity contribution in [3.05, 3.63) is 39.6 Å². The highest BCUT2D eigenvalue weighted by molar-refractivity contribution is 6.39. The predicted molar refractivity (Wildman–Crippen MR) is 64.4 cm³/mol. The first-order valence-electron chi connectivity index (χ1n) is 4.89. The maximum absolute atomic E-state index is 12.6. The number of aromatic amines is 1. The second-order valence-electron chi connectivity index (χ2n) is 3.62. The second-order valence-corrected chi connectivity index (χ2v) is 4.43. The molecule has 0 amide bonds. The van der Waals surface area contributed by atoms with Crippen molar-refractivity contribution in [2.75, 3.05) is 0 Å². The lowest BCUT2D eigenvalue weighted by atomic mass is 10.1. The number of aldehydes is 1. The van der Waals surface area contributed by atoms with Gasteiger partial charge in [0.2, 0.25) is 0 Å². The van der Waals surface area contributed by atoms with Crippen molar-refractivity contribution < 1.29 is 18.0 Å². The van der Waals surface area contributed by atoms with Crippen LogP contribution in [0.3, 0.4) is 0 Å². The van der Waals surface area contributed by atoms with Crippen molar-refractivity contribution in [1.29, 1.82) is 0 Å². The summed E-state index contributed by atoms with van der Waals surface area (Å²) in [4.78, 5) is 16.9. The van der Waals surface area contributed by atoms with Crippen molar-refractivity contribution in [1.82, 2.24) is 9.97 Å². The Morgan fingerprint density at radius 1 is 1.21 bits per heavy atom. The first kappa shape index (κ1) is 13.9. The number of halogens is 5. The van der Waals surface area contributed by atoms with Gasteiger partial charge in [-0.2, -0.15) is 13.2 Å². The predicted octanol–water partition coefficient (Wildman–Crippen LogP) is 4.21. The summed E-state index contributed by atoms with van der Waals surface area (Å²) in [5.74, 6) is 0.130. The van der Waals surface area contributed by atoms with Gasteiger partial charge in [-0.05, 0) is 12.1 Å². The molecule has 0 fully saturated rings. The molecule has 0 aliphatic heterocycles. The van der Waals surface area contributed by atoms with Gasteiger partial charge >= 0.3 is 6.18 Å². The average molecular weight is 309 g/mol. The lowest BCUT2D eigenvalue weighted by Gasteiger charge is -2.10. The number of benzene rings is 1. The Bertz CT molecular complexity index is 614.